The third-order valence-corrected chi connectivity index (χ3v) is 1.70. The molecule has 0 atom stereocenters. The molecule has 0 radical (unpaired) electrons. The Morgan fingerprint density at radius 1 is 1.58 bits per heavy atom. The van der Waals surface area contributed by atoms with Gasteiger partial charge < -0.3 is 5.73 Å². The molecule has 0 aliphatic heterocycles. The Bertz CT molecular complexity index is 368. The maximum absolute atomic E-state index is 10.8. The van der Waals surface area contributed by atoms with Gasteiger partial charge in [-0.15, -0.1) is 0 Å². The number of carbonyl (C=O) groups is 1. The van der Waals surface area contributed by atoms with Gasteiger partial charge in [-0.2, -0.15) is 5.26 Å². The van der Waals surface area contributed by atoms with Crippen LogP contribution in [-0.4, -0.2) is 5.91 Å². The largest absolute Gasteiger partial charge is 0.366 e. The van der Waals surface area contributed by atoms with Crippen molar-refractivity contribution in [2.75, 3.05) is 0 Å². The van der Waals surface area contributed by atoms with E-state index in [2.05, 4.69) is 0 Å². The van der Waals surface area contributed by atoms with Gasteiger partial charge in [0.2, 0.25) is 0 Å². The second-order valence-corrected chi connectivity index (χ2v) is 2.55. The summed E-state index contributed by atoms with van der Waals surface area (Å²) in [6.07, 6.45) is 0. The Labute approximate surface area is 74.4 Å². The minimum Gasteiger partial charge on any atom is -0.366 e. The van der Waals surface area contributed by atoms with E-state index in [9.17, 15) is 4.79 Å². The smallest absolute Gasteiger partial charge is 0.251 e. The Morgan fingerprint density at radius 3 is 2.67 bits per heavy atom. The zero-order valence-electron chi connectivity index (χ0n) is 6.04. The van der Waals surface area contributed by atoms with Gasteiger partial charge in [-0.05, 0) is 12.1 Å². The summed E-state index contributed by atoms with van der Waals surface area (Å²) in [5.41, 5.74) is 5.31. The fraction of sp³-hybridized carbons (Fsp3) is 0. The van der Waals surface area contributed by atoms with Crippen LogP contribution in [0.2, 0.25) is 5.02 Å². The molecule has 0 unspecified atom stereocenters. The fourth-order valence-corrected chi connectivity index (χ4v) is 1.14. The maximum atomic E-state index is 10.8. The molecule has 1 aromatic rings. The molecule has 0 aliphatic rings. The van der Waals surface area contributed by atoms with E-state index in [0.717, 1.165) is 0 Å². The van der Waals surface area contributed by atoms with E-state index in [1.54, 1.807) is 6.07 Å². The summed E-state index contributed by atoms with van der Waals surface area (Å²) in [5.74, 6) is -0.683. The van der Waals surface area contributed by atoms with Crippen molar-refractivity contribution >= 4 is 17.5 Å². The highest BCUT2D eigenvalue weighted by Crippen LogP contribution is 2.18. The van der Waals surface area contributed by atoms with E-state index in [1.807, 2.05) is 6.07 Å². The van der Waals surface area contributed by atoms with Crippen LogP contribution in [0.3, 0.4) is 0 Å². The zero-order chi connectivity index (χ0) is 9.14. The quantitative estimate of drug-likeness (QED) is 0.708. The van der Waals surface area contributed by atoms with Crippen molar-refractivity contribution in [3.05, 3.63) is 34.3 Å². The third-order valence-electron chi connectivity index (χ3n) is 1.38. The molecule has 60 valence electrons. The predicted molar refractivity (Wildman–Crippen MR) is 44.7 cm³/mol. The molecule has 0 heterocycles. The average Bonchev–Trinajstić information content (AvgIpc) is 2.03. The summed E-state index contributed by atoms with van der Waals surface area (Å²) in [5, 5.41) is 8.79. The zero-order valence-corrected chi connectivity index (χ0v) is 6.80. The number of halogens is 1. The molecular weight excluding hydrogens is 176 g/mol. The van der Waals surface area contributed by atoms with Crippen molar-refractivity contribution < 1.29 is 4.79 Å². The molecule has 1 amide bonds. The first kappa shape index (κ1) is 8.57. The molecule has 12 heavy (non-hydrogen) atoms. The Balaban J connectivity index is 3.42. The van der Waals surface area contributed by atoms with Gasteiger partial charge in [0.1, 0.15) is 6.07 Å². The topological polar surface area (TPSA) is 66.9 Å². The molecule has 0 bridgehead atoms. The van der Waals surface area contributed by atoms with Crippen LogP contribution < -0.4 is 5.73 Å². The molecule has 4 heteroatoms. The number of amides is 1. The van der Waals surface area contributed by atoms with E-state index in [1.165, 1.54) is 12.1 Å². The van der Waals surface area contributed by atoms with Crippen LogP contribution in [0.15, 0.2) is 18.2 Å². The van der Waals surface area contributed by atoms with Crippen LogP contribution in [0, 0.1) is 11.3 Å². The second kappa shape index (κ2) is 3.24. The minimum absolute atomic E-state index is 0.0849. The van der Waals surface area contributed by atoms with Crippen LogP contribution in [0.4, 0.5) is 0 Å². The van der Waals surface area contributed by atoms with E-state index >= 15 is 0 Å². The first-order valence-electron chi connectivity index (χ1n) is 3.15. The van der Waals surface area contributed by atoms with E-state index in [0.29, 0.717) is 0 Å². The van der Waals surface area contributed by atoms with Gasteiger partial charge in [0.05, 0.1) is 16.1 Å². The summed E-state index contributed by atoms with van der Waals surface area (Å²) < 4.78 is 0. The average molecular weight is 181 g/mol. The lowest BCUT2D eigenvalue weighted by Gasteiger charge is -1.99. The summed E-state index contributed by atoms with van der Waals surface area (Å²) >= 11 is 5.65. The lowest BCUT2D eigenvalue weighted by atomic mass is 10.1. The number of carbonyl (C=O) groups excluding carboxylic acids is 1. The van der Waals surface area contributed by atoms with Crippen LogP contribution in [0.5, 0.6) is 0 Å². The summed E-state index contributed by atoms with van der Waals surface area (Å²) in [6.45, 7) is 0. The van der Waals surface area contributed by atoms with Crippen molar-refractivity contribution in [2.24, 2.45) is 5.73 Å². The Morgan fingerprint density at radius 2 is 2.25 bits per heavy atom. The van der Waals surface area contributed by atoms with Gasteiger partial charge in [0, 0.05) is 0 Å². The van der Waals surface area contributed by atoms with E-state index in [4.69, 9.17) is 22.6 Å². The molecule has 0 aliphatic carbocycles. The van der Waals surface area contributed by atoms with Crippen LogP contribution in [0.25, 0.3) is 0 Å². The lowest BCUT2D eigenvalue weighted by Crippen LogP contribution is -2.13. The van der Waals surface area contributed by atoms with Gasteiger partial charge in [-0.1, -0.05) is 17.7 Å². The van der Waals surface area contributed by atoms with Crippen molar-refractivity contribution in [2.45, 2.75) is 0 Å². The van der Waals surface area contributed by atoms with Gasteiger partial charge in [0.15, 0.2) is 0 Å². The summed E-state index contributed by atoms with van der Waals surface area (Å²) in [4.78, 5) is 10.8. The maximum Gasteiger partial charge on any atom is 0.251 e. The summed E-state index contributed by atoms with van der Waals surface area (Å²) in [6, 6.07) is 6.43. The first-order valence-corrected chi connectivity index (χ1v) is 3.53. The molecule has 1 aromatic carbocycles. The van der Waals surface area contributed by atoms with Gasteiger partial charge in [-0.3, -0.25) is 4.79 Å². The molecule has 0 aromatic heterocycles. The number of hydrogen-bond donors (Lipinski definition) is 1. The lowest BCUT2D eigenvalue weighted by molar-refractivity contribution is 0.1000. The van der Waals surface area contributed by atoms with Crippen molar-refractivity contribution in [3.8, 4) is 6.07 Å². The highest BCUT2D eigenvalue weighted by Gasteiger charge is 2.11. The monoisotopic (exact) mass is 180 g/mol. The summed E-state index contributed by atoms with van der Waals surface area (Å²) in [7, 11) is 0. The van der Waals surface area contributed by atoms with E-state index < -0.39 is 5.91 Å². The minimum atomic E-state index is -0.683. The molecule has 2 N–H and O–H groups in total. The number of nitriles is 1. The number of rotatable bonds is 1. The highest BCUT2D eigenvalue weighted by molar-refractivity contribution is 6.34. The Kier molecular flexibility index (Phi) is 2.32. The van der Waals surface area contributed by atoms with Gasteiger partial charge in [-0.25, -0.2) is 0 Å². The van der Waals surface area contributed by atoms with Crippen molar-refractivity contribution in [3.63, 3.8) is 0 Å². The van der Waals surface area contributed by atoms with Crippen molar-refractivity contribution in [1.29, 1.82) is 5.26 Å². The molecule has 3 nitrogen and oxygen atoms in total. The SMILES string of the molecule is N#Cc1cccc(Cl)c1C(N)=O. The number of hydrogen-bond acceptors (Lipinski definition) is 2. The standard InChI is InChI=1S/C8H5ClN2O/c9-6-3-1-2-5(4-10)7(6)8(11)12/h1-3H,(H2,11,12). The van der Waals surface area contributed by atoms with Crippen LogP contribution in [-0.2, 0) is 0 Å². The Hall–Kier alpha value is -1.53. The second-order valence-electron chi connectivity index (χ2n) is 2.14. The molecular formula is C8H5ClN2O. The molecule has 0 spiro atoms. The molecule has 0 saturated heterocycles. The number of nitrogens with zero attached hydrogens (tertiary/aromatic N) is 1. The number of benzene rings is 1. The van der Waals surface area contributed by atoms with Crippen molar-refractivity contribution in [1.82, 2.24) is 0 Å². The predicted octanol–water partition coefficient (Wildman–Crippen LogP) is 1.31. The first-order chi connectivity index (χ1) is 5.66. The number of nitrogens with two attached hydrogens (primary N) is 1. The van der Waals surface area contributed by atoms with E-state index in [-0.39, 0.29) is 16.1 Å². The highest BCUT2D eigenvalue weighted by atomic mass is 35.5. The number of primary amides is 1. The molecule has 1 rings (SSSR count). The van der Waals surface area contributed by atoms with Gasteiger partial charge >= 0.3 is 0 Å². The van der Waals surface area contributed by atoms with Crippen LogP contribution >= 0.6 is 11.6 Å². The normalized spacial score (nSPS) is 9.00. The molecule has 0 fully saturated rings. The van der Waals surface area contributed by atoms with Gasteiger partial charge in [0.25, 0.3) is 5.91 Å². The fourth-order valence-electron chi connectivity index (χ4n) is 0.868. The van der Waals surface area contributed by atoms with Crippen LogP contribution in [0.1, 0.15) is 15.9 Å². The molecule has 0 saturated carbocycles. The third kappa shape index (κ3) is 1.39.